The van der Waals surface area contributed by atoms with Crippen molar-refractivity contribution in [3.63, 3.8) is 0 Å². The molecule has 0 saturated carbocycles. The molecule has 2 unspecified atom stereocenters. The monoisotopic (exact) mass is 962 g/mol. The third kappa shape index (κ3) is 7.71. The molecule has 0 spiro atoms. The van der Waals surface area contributed by atoms with Crippen molar-refractivity contribution in [2.75, 3.05) is 0 Å². The van der Waals surface area contributed by atoms with E-state index in [2.05, 4.69) is 136 Å². The van der Waals surface area contributed by atoms with Crippen LogP contribution in [-0.2, 0) is 20.1 Å². The third-order valence-corrected chi connectivity index (χ3v) is 14.3. The SMILES string of the molecule is [2H]C([2H])([2H])c1c[c-]c(-c2cc(C([2H])(C)C)[c]([Ge]([CH3])([CH3])[CH3])cn2)cc1.[Ir].[c-]1ccc2c(c1-c1nc3ccccc3n1-c1ccccc1-c1ccccc1)OC1C=CC=CC21. The fourth-order valence-corrected chi connectivity index (χ4v) is 10.7. The van der Waals surface area contributed by atoms with Crippen molar-refractivity contribution in [1.82, 2.24) is 14.5 Å². The Morgan fingerprint density at radius 3 is 2.40 bits per heavy atom. The Kier molecular flexibility index (Phi) is 9.82. The quantitative estimate of drug-likeness (QED) is 0.123. The molecular formula is C49H45GeIrN3O-2. The summed E-state index contributed by atoms with van der Waals surface area (Å²) in [6.07, 6.45) is 10.4. The van der Waals surface area contributed by atoms with Gasteiger partial charge < -0.3 is 9.30 Å². The molecule has 2 atom stereocenters. The summed E-state index contributed by atoms with van der Waals surface area (Å²) in [5.74, 6) is 8.12. The van der Waals surface area contributed by atoms with E-state index in [9.17, 15) is 0 Å². The van der Waals surface area contributed by atoms with Gasteiger partial charge in [-0.05, 0) is 29.8 Å². The van der Waals surface area contributed by atoms with E-state index in [1.165, 1.54) is 21.6 Å². The molecule has 9 rings (SSSR count). The van der Waals surface area contributed by atoms with Gasteiger partial charge in [0.1, 0.15) is 6.10 Å². The molecule has 0 fully saturated rings. The van der Waals surface area contributed by atoms with Gasteiger partial charge >= 0.3 is 131 Å². The Hall–Kier alpha value is -4.81. The molecular weight excluding hydrogens is 911 g/mol. The smallest absolute Gasteiger partial charge is 0.114 e. The first-order chi connectivity index (χ1) is 27.7. The van der Waals surface area contributed by atoms with E-state index in [4.69, 9.17) is 15.2 Å². The van der Waals surface area contributed by atoms with Crippen LogP contribution in [0.25, 0.3) is 50.5 Å². The first-order valence-electron chi connectivity index (χ1n) is 20.4. The number of rotatable bonds is 6. The second-order valence-electron chi connectivity index (χ2n) is 15.0. The zero-order valence-electron chi connectivity index (χ0n) is 35.6. The summed E-state index contributed by atoms with van der Waals surface area (Å²) in [6.45, 7) is 1.66. The fraction of sp³-hybridized carbons (Fsp3) is 0.184. The molecule has 55 heavy (non-hydrogen) atoms. The fourth-order valence-electron chi connectivity index (χ4n) is 7.34. The zero-order valence-corrected chi connectivity index (χ0v) is 36.1. The number of nitrogens with zero attached hydrogens (tertiary/aromatic N) is 3. The second-order valence-corrected chi connectivity index (χ2v) is 25.6. The predicted octanol–water partition coefficient (Wildman–Crippen LogP) is 11.7. The minimum Gasteiger partial charge on any atom is -0.529 e. The average molecular weight is 961 g/mol. The maximum absolute atomic E-state index is 8.49. The van der Waals surface area contributed by atoms with Crippen LogP contribution in [0.4, 0.5) is 0 Å². The average Bonchev–Trinajstić information content (AvgIpc) is 3.79. The number of aromatic nitrogens is 3. The van der Waals surface area contributed by atoms with Crippen molar-refractivity contribution in [3.05, 3.63) is 175 Å². The molecule has 1 radical (unpaired) electrons. The zero-order chi connectivity index (χ0) is 40.8. The van der Waals surface area contributed by atoms with Crippen molar-refractivity contribution in [2.45, 2.75) is 55.9 Å². The molecule has 5 aromatic carbocycles. The number of pyridine rings is 1. The maximum atomic E-state index is 8.49. The standard InChI is InChI=1S/C31H21N2O.C18H24GeN.Ir/c1-2-11-21(12-3-1)22-13-4-7-18-27(22)33-28-19-8-6-17-26(28)32-31(33)25-16-10-15-24-23-14-5-9-20-29(23)34-30(24)25;1-13(2)16-11-18(15-9-7-14(3)8-10-15)20-12-17(16)19(4,5)6;/h1-15,17-20,23,29H;7-9,11-13H,1-6H3;/q2*-1;/i;3D3,13D;. The van der Waals surface area contributed by atoms with Crippen LogP contribution in [0, 0.1) is 19.0 Å². The van der Waals surface area contributed by atoms with Crippen LogP contribution >= 0.6 is 0 Å². The number of allylic oxidation sites excluding steroid dienone is 2. The largest absolute Gasteiger partial charge is 0.529 e. The van der Waals surface area contributed by atoms with Crippen LogP contribution in [0.1, 0.15) is 47.8 Å². The van der Waals surface area contributed by atoms with E-state index in [0.29, 0.717) is 0 Å². The van der Waals surface area contributed by atoms with Crippen LogP contribution in [0.5, 0.6) is 5.75 Å². The molecule has 277 valence electrons. The normalized spacial score (nSPS) is 17.0. The summed E-state index contributed by atoms with van der Waals surface area (Å²) >= 11 is -2.14. The predicted molar refractivity (Wildman–Crippen MR) is 227 cm³/mol. The summed E-state index contributed by atoms with van der Waals surface area (Å²) in [5.41, 5.74) is 10.3. The van der Waals surface area contributed by atoms with Gasteiger partial charge in [-0.2, -0.15) is 0 Å². The molecule has 0 bridgehead atoms. The number of hydrogen-bond donors (Lipinski definition) is 0. The summed E-state index contributed by atoms with van der Waals surface area (Å²) in [7, 11) is 0. The Balaban J connectivity index is 0.000000188. The molecule has 6 heteroatoms. The van der Waals surface area contributed by atoms with Crippen LogP contribution in [0.15, 0.2) is 146 Å². The number of ether oxygens (including phenoxy) is 1. The van der Waals surface area contributed by atoms with Crippen LogP contribution in [0.2, 0.25) is 17.3 Å². The van der Waals surface area contributed by atoms with Gasteiger partial charge in [-0.25, -0.2) is 0 Å². The van der Waals surface area contributed by atoms with Crippen LogP contribution in [-0.4, -0.2) is 33.9 Å². The van der Waals surface area contributed by atoms with E-state index >= 15 is 0 Å². The minimum absolute atomic E-state index is 0. The number of hydrogen-bond acceptors (Lipinski definition) is 3. The van der Waals surface area contributed by atoms with Gasteiger partial charge in [-0.15, -0.1) is 18.2 Å². The van der Waals surface area contributed by atoms with Gasteiger partial charge in [0, 0.05) is 43.0 Å². The summed E-state index contributed by atoms with van der Waals surface area (Å²) in [6, 6.07) is 44.7. The van der Waals surface area contributed by atoms with Crippen molar-refractivity contribution in [1.29, 1.82) is 0 Å². The summed E-state index contributed by atoms with van der Waals surface area (Å²) < 4.78 is 40.8. The Bertz CT molecular complexity index is 2680. The first-order valence-corrected chi connectivity index (χ1v) is 25.8. The van der Waals surface area contributed by atoms with E-state index in [1.54, 1.807) is 12.1 Å². The van der Waals surface area contributed by atoms with Gasteiger partial charge in [0.25, 0.3) is 0 Å². The topological polar surface area (TPSA) is 39.9 Å². The molecule has 0 saturated heterocycles. The van der Waals surface area contributed by atoms with Crippen LogP contribution < -0.4 is 9.13 Å². The Labute approximate surface area is 347 Å². The van der Waals surface area contributed by atoms with Gasteiger partial charge in [0.15, 0.2) is 0 Å². The maximum Gasteiger partial charge on any atom is 0.114 e. The minimum atomic E-state index is -2.14. The number of aryl methyl sites for hydroxylation is 1. The molecule has 7 aromatic rings. The second kappa shape index (κ2) is 16.1. The van der Waals surface area contributed by atoms with E-state index in [1.807, 2.05) is 44.3 Å². The van der Waals surface area contributed by atoms with Crippen molar-refractivity contribution >= 4 is 28.7 Å². The number of para-hydroxylation sites is 3. The van der Waals surface area contributed by atoms with Gasteiger partial charge in [0.2, 0.25) is 0 Å². The molecule has 4 nitrogen and oxygen atoms in total. The first kappa shape index (κ1) is 33.5. The molecule has 3 heterocycles. The number of fused-ring (bicyclic) bond motifs is 4. The molecule has 0 amide bonds. The molecule has 1 aliphatic carbocycles. The summed E-state index contributed by atoms with van der Waals surface area (Å²) in [5, 5.41) is 0. The van der Waals surface area contributed by atoms with Gasteiger partial charge in [0.05, 0.1) is 16.9 Å². The molecule has 0 N–H and O–H groups in total. The molecule has 1 aliphatic heterocycles. The Morgan fingerprint density at radius 2 is 1.64 bits per heavy atom. The van der Waals surface area contributed by atoms with Crippen molar-refractivity contribution in [3.8, 4) is 45.2 Å². The molecule has 2 aromatic heterocycles. The van der Waals surface area contributed by atoms with Gasteiger partial charge in [-0.1, -0.05) is 90.0 Å². The van der Waals surface area contributed by atoms with E-state index in [0.717, 1.165) is 56.2 Å². The van der Waals surface area contributed by atoms with E-state index in [-0.39, 0.29) is 37.7 Å². The third-order valence-electron chi connectivity index (χ3n) is 10.0. The van der Waals surface area contributed by atoms with Gasteiger partial charge in [-0.3, -0.25) is 4.98 Å². The Morgan fingerprint density at radius 1 is 0.873 bits per heavy atom. The van der Waals surface area contributed by atoms with Crippen molar-refractivity contribution in [2.24, 2.45) is 0 Å². The van der Waals surface area contributed by atoms with Crippen molar-refractivity contribution < 1.29 is 30.3 Å². The molecule has 2 aliphatic rings. The summed E-state index contributed by atoms with van der Waals surface area (Å²) in [4.78, 5) is 9.68. The number of benzene rings is 5. The van der Waals surface area contributed by atoms with Crippen LogP contribution in [0.3, 0.4) is 0 Å². The number of imidazole rings is 1. The van der Waals surface area contributed by atoms with E-state index < -0.39 is 26.0 Å².